The number of likely N-dealkylation sites (tertiary alicyclic amines) is 1. The minimum Gasteiger partial charge on any atom is -0.496 e. The van der Waals surface area contributed by atoms with Crippen molar-refractivity contribution >= 4 is 30.0 Å². The fourth-order valence-corrected chi connectivity index (χ4v) is 4.05. The van der Waals surface area contributed by atoms with Crippen molar-refractivity contribution in [2.45, 2.75) is 39.3 Å². The van der Waals surface area contributed by atoms with Crippen molar-refractivity contribution in [3.05, 3.63) is 23.0 Å². The first kappa shape index (κ1) is 26.7. The molecular weight excluding hydrogens is 420 g/mol. The molecule has 1 aromatic heterocycles. The summed E-state index contributed by atoms with van der Waals surface area (Å²) in [6.07, 6.45) is 5.25. The van der Waals surface area contributed by atoms with E-state index in [2.05, 4.69) is 20.5 Å². The lowest BCUT2D eigenvalue weighted by molar-refractivity contribution is -0.126. The largest absolute Gasteiger partial charge is 0.496 e. The van der Waals surface area contributed by atoms with E-state index in [0.717, 1.165) is 42.0 Å². The molecule has 1 aromatic rings. The fraction of sp³-hybridized carbons (Fsp3) is 0.619. The molecular formula is C21H34N4O5S. The third-order valence-electron chi connectivity index (χ3n) is 5.12. The fourth-order valence-electron chi connectivity index (χ4n) is 3.71. The molecule has 2 heterocycles. The third-order valence-corrected chi connectivity index (χ3v) is 5.67. The summed E-state index contributed by atoms with van der Waals surface area (Å²) in [5.41, 5.74) is 2.76. The third kappa shape index (κ3) is 8.74. The van der Waals surface area contributed by atoms with Crippen molar-refractivity contribution in [1.29, 1.82) is 0 Å². The van der Waals surface area contributed by atoms with Gasteiger partial charge < -0.3 is 25.4 Å². The van der Waals surface area contributed by atoms with Crippen LogP contribution in [0.5, 0.6) is 5.75 Å². The van der Waals surface area contributed by atoms with Crippen LogP contribution in [-0.4, -0.2) is 78.6 Å². The standard InChI is InChI=1S/C20H32N4O3S.CH2O2/c1-13-8-21-17(14(2)19(13)27-4)9-22-20(26)15-6-7-16(11-24(3)10-15)23-18(25)12-28-5;2-1-3/h8,15-16H,6-7,9-12H2,1-5H3,(H,22,26)(H,23,25);1H,(H,2,3)/t15-,16+;/m1./s1. The van der Waals surface area contributed by atoms with Gasteiger partial charge in [-0.1, -0.05) is 0 Å². The molecule has 0 radical (unpaired) electrons. The first-order valence-corrected chi connectivity index (χ1v) is 11.5. The first-order chi connectivity index (χ1) is 14.8. The van der Waals surface area contributed by atoms with Crippen LogP contribution in [0.15, 0.2) is 6.20 Å². The van der Waals surface area contributed by atoms with E-state index in [1.165, 1.54) is 11.8 Å². The summed E-state index contributed by atoms with van der Waals surface area (Å²) in [6, 6.07) is 0.0905. The predicted octanol–water partition coefficient (Wildman–Crippen LogP) is 1.21. The molecule has 0 bridgehead atoms. The van der Waals surface area contributed by atoms with E-state index in [1.807, 2.05) is 27.2 Å². The van der Waals surface area contributed by atoms with Crippen LogP contribution in [0.25, 0.3) is 0 Å². The maximum atomic E-state index is 12.7. The zero-order valence-corrected chi connectivity index (χ0v) is 19.8. The molecule has 2 rings (SSSR count). The van der Waals surface area contributed by atoms with E-state index < -0.39 is 0 Å². The Balaban J connectivity index is 0.00000151. The lowest BCUT2D eigenvalue weighted by Crippen LogP contribution is -2.42. The van der Waals surface area contributed by atoms with Gasteiger partial charge in [-0.25, -0.2) is 0 Å². The van der Waals surface area contributed by atoms with Gasteiger partial charge >= 0.3 is 0 Å². The van der Waals surface area contributed by atoms with Gasteiger partial charge in [-0.3, -0.25) is 19.4 Å². The summed E-state index contributed by atoms with van der Waals surface area (Å²) in [7, 11) is 3.64. The van der Waals surface area contributed by atoms with Crippen LogP contribution >= 0.6 is 11.8 Å². The Bertz CT molecular complexity index is 747. The minimum atomic E-state index is -0.250. The average Bonchev–Trinajstić information content (AvgIpc) is 2.89. The number of carbonyl (C=O) groups is 3. The molecule has 174 valence electrons. The number of methoxy groups -OCH3 is 1. The number of hydrogen-bond acceptors (Lipinski definition) is 7. The molecule has 0 aliphatic carbocycles. The summed E-state index contributed by atoms with van der Waals surface area (Å²) in [5, 5.41) is 13.0. The van der Waals surface area contributed by atoms with Gasteiger partial charge in [0.1, 0.15) is 5.75 Å². The van der Waals surface area contributed by atoms with Crippen LogP contribution in [-0.2, 0) is 20.9 Å². The molecule has 3 N–H and O–H groups in total. The van der Waals surface area contributed by atoms with Gasteiger partial charge in [0, 0.05) is 36.5 Å². The van der Waals surface area contributed by atoms with Gasteiger partial charge in [0.2, 0.25) is 11.8 Å². The number of nitrogens with one attached hydrogen (secondary N) is 2. The first-order valence-electron chi connectivity index (χ1n) is 10.1. The number of carboxylic acid groups (broad SMARTS) is 1. The molecule has 2 amide bonds. The predicted molar refractivity (Wildman–Crippen MR) is 121 cm³/mol. The van der Waals surface area contributed by atoms with Crippen molar-refractivity contribution in [2.24, 2.45) is 5.92 Å². The van der Waals surface area contributed by atoms with E-state index in [-0.39, 0.29) is 30.2 Å². The average molecular weight is 455 g/mol. The van der Waals surface area contributed by atoms with Crippen LogP contribution in [0.3, 0.4) is 0 Å². The number of hydrogen-bond donors (Lipinski definition) is 3. The molecule has 0 spiro atoms. The lowest BCUT2D eigenvalue weighted by atomic mass is 10.0. The number of ether oxygens (including phenoxy) is 1. The number of rotatable bonds is 7. The van der Waals surface area contributed by atoms with Crippen LogP contribution in [0.1, 0.15) is 29.7 Å². The Morgan fingerprint density at radius 2 is 2.03 bits per heavy atom. The highest BCUT2D eigenvalue weighted by Gasteiger charge is 2.27. The summed E-state index contributed by atoms with van der Waals surface area (Å²) in [5.74, 6) is 1.28. The Labute approximate surface area is 188 Å². The highest BCUT2D eigenvalue weighted by Crippen LogP contribution is 2.24. The Hall–Kier alpha value is -2.33. The number of carbonyl (C=O) groups excluding carboxylic acids is 2. The van der Waals surface area contributed by atoms with E-state index in [4.69, 9.17) is 14.6 Å². The van der Waals surface area contributed by atoms with Crippen molar-refractivity contribution in [1.82, 2.24) is 20.5 Å². The second-order valence-electron chi connectivity index (χ2n) is 7.56. The van der Waals surface area contributed by atoms with Crippen molar-refractivity contribution in [3.8, 4) is 5.75 Å². The second-order valence-corrected chi connectivity index (χ2v) is 8.43. The molecule has 1 saturated heterocycles. The van der Waals surface area contributed by atoms with Gasteiger partial charge in [-0.15, -0.1) is 0 Å². The van der Waals surface area contributed by atoms with E-state index in [1.54, 1.807) is 13.3 Å². The Morgan fingerprint density at radius 3 is 2.65 bits per heavy atom. The second kappa shape index (κ2) is 13.9. The summed E-state index contributed by atoms with van der Waals surface area (Å²) < 4.78 is 5.44. The van der Waals surface area contributed by atoms with Crippen molar-refractivity contribution in [3.63, 3.8) is 0 Å². The smallest absolute Gasteiger partial charge is 0.290 e. The van der Waals surface area contributed by atoms with Gasteiger partial charge in [-0.2, -0.15) is 11.8 Å². The number of aryl methyl sites for hydroxylation is 1. The molecule has 0 saturated carbocycles. The van der Waals surface area contributed by atoms with Gasteiger partial charge in [-0.05, 0) is 40.0 Å². The lowest BCUT2D eigenvalue weighted by Gasteiger charge is -2.22. The van der Waals surface area contributed by atoms with Gasteiger partial charge in [0.15, 0.2) is 0 Å². The normalized spacial score (nSPS) is 18.7. The molecule has 0 unspecified atom stereocenters. The summed E-state index contributed by atoms with van der Waals surface area (Å²) in [6.45, 7) is 5.50. The zero-order chi connectivity index (χ0) is 23.4. The number of aromatic nitrogens is 1. The van der Waals surface area contributed by atoms with Crippen LogP contribution < -0.4 is 15.4 Å². The summed E-state index contributed by atoms with van der Waals surface area (Å²) >= 11 is 1.51. The van der Waals surface area contributed by atoms with Crippen LogP contribution in [0.4, 0.5) is 0 Å². The highest BCUT2D eigenvalue weighted by molar-refractivity contribution is 7.99. The number of amides is 2. The molecule has 31 heavy (non-hydrogen) atoms. The van der Waals surface area contributed by atoms with Crippen molar-refractivity contribution < 1.29 is 24.2 Å². The molecule has 9 nitrogen and oxygen atoms in total. The number of likely N-dealkylation sites (N-methyl/N-ethyl adjacent to an activating group) is 1. The molecule has 0 aromatic carbocycles. The molecule has 10 heteroatoms. The molecule has 1 aliphatic heterocycles. The van der Waals surface area contributed by atoms with Crippen LogP contribution in [0.2, 0.25) is 0 Å². The monoisotopic (exact) mass is 454 g/mol. The van der Waals surface area contributed by atoms with E-state index in [9.17, 15) is 9.59 Å². The molecule has 1 fully saturated rings. The quantitative estimate of drug-likeness (QED) is 0.526. The highest BCUT2D eigenvalue weighted by atomic mass is 32.2. The topological polar surface area (TPSA) is 121 Å². The minimum absolute atomic E-state index is 0.0312. The zero-order valence-electron chi connectivity index (χ0n) is 18.9. The summed E-state index contributed by atoms with van der Waals surface area (Å²) in [4.78, 5) is 39.5. The Kier molecular flexibility index (Phi) is 11.9. The maximum absolute atomic E-state index is 12.7. The SMILES string of the molecule is COc1c(C)cnc(CNC(=O)[C@@H]2CC[C@H](NC(=O)CSC)CN(C)C2)c1C.O=CO. The molecule has 2 atom stereocenters. The van der Waals surface area contributed by atoms with Gasteiger partial charge in [0.05, 0.1) is 31.0 Å². The maximum Gasteiger partial charge on any atom is 0.290 e. The van der Waals surface area contributed by atoms with Crippen molar-refractivity contribution in [2.75, 3.05) is 39.3 Å². The van der Waals surface area contributed by atoms with E-state index >= 15 is 0 Å². The molecule has 1 aliphatic rings. The van der Waals surface area contributed by atoms with E-state index in [0.29, 0.717) is 18.8 Å². The number of thioether (sulfide) groups is 1. The number of pyridine rings is 1. The van der Waals surface area contributed by atoms with Gasteiger partial charge in [0.25, 0.3) is 6.47 Å². The number of nitrogens with zero attached hydrogens (tertiary/aromatic N) is 2. The Morgan fingerprint density at radius 1 is 1.35 bits per heavy atom. The van der Waals surface area contributed by atoms with Crippen LogP contribution in [0, 0.1) is 19.8 Å².